The molecule has 2 aromatic rings. The van der Waals surface area contributed by atoms with E-state index in [4.69, 9.17) is 0 Å². The van der Waals surface area contributed by atoms with E-state index in [2.05, 4.69) is 5.10 Å². The van der Waals surface area contributed by atoms with E-state index in [9.17, 15) is 35.2 Å². The number of halogens is 5. The summed E-state index contributed by atoms with van der Waals surface area (Å²) in [6.07, 6.45) is -4.05. The molecule has 6 nitrogen and oxygen atoms in total. The van der Waals surface area contributed by atoms with Gasteiger partial charge < -0.3 is 4.90 Å². The molecule has 164 valence electrons. The van der Waals surface area contributed by atoms with Crippen LogP contribution in [0.4, 0.5) is 22.0 Å². The molecule has 1 amide bonds. The topological polar surface area (TPSA) is 83.1 Å². The first kappa shape index (κ1) is 22.2. The lowest BCUT2D eigenvalue weighted by atomic mass is 10.0. The van der Waals surface area contributed by atoms with Gasteiger partial charge in [-0.1, -0.05) is 0 Å². The highest BCUT2D eigenvalue weighted by Gasteiger charge is 2.35. The highest BCUT2D eigenvalue weighted by molar-refractivity contribution is 7.91. The molecule has 0 bridgehead atoms. The second-order valence-corrected chi connectivity index (χ2v) is 9.46. The van der Waals surface area contributed by atoms with Crippen LogP contribution in [0.25, 0.3) is 0 Å². The number of sulfone groups is 1. The highest BCUT2D eigenvalue weighted by Crippen LogP contribution is 2.28. The smallest absolute Gasteiger partial charge is 0.333 e. The summed E-state index contributed by atoms with van der Waals surface area (Å²) >= 11 is 0. The van der Waals surface area contributed by atoms with E-state index in [1.165, 1.54) is 0 Å². The van der Waals surface area contributed by atoms with Gasteiger partial charge in [0, 0.05) is 25.2 Å². The van der Waals surface area contributed by atoms with Crippen LogP contribution in [0.1, 0.15) is 34.6 Å². The van der Waals surface area contributed by atoms with Gasteiger partial charge in [0.2, 0.25) is 0 Å². The normalized spacial score (nSPS) is 18.5. The van der Waals surface area contributed by atoms with Gasteiger partial charge in [-0.25, -0.2) is 17.2 Å². The maximum absolute atomic E-state index is 13.5. The first-order valence-corrected chi connectivity index (χ1v) is 10.8. The van der Waals surface area contributed by atoms with Crippen molar-refractivity contribution < 1.29 is 35.2 Å². The molecule has 1 aliphatic heterocycles. The summed E-state index contributed by atoms with van der Waals surface area (Å²) in [5, 5.41) is 5.12. The second-order valence-electron chi connectivity index (χ2n) is 7.23. The largest absolute Gasteiger partial charge is 0.435 e. The number of nitrogens with one attached hydrogen (secondary N) is 1. The van der Waals surface area contributed by atoms with Gasteiger partial charge in [-0.15, -0.1) is 0 Å². The standard InChI is InChI=1S/C18H18F5N3O3S/c19-13-5-12(6-14(20)7-13)9-26(3-1-11-2-4-30(28,29)10-11)17(27)15-8-16(25-24-15)18(21,22)23/h5-8,11H,1-4,9-10H2,(H,24,25). The maximum Gasteiger partial charge on any atom is 0.435 e. The van der Waals surface area contributed by atoms with E-state index in [0.717, 1.165) is 17.0 Å². The number of H-pyrrole nitrogens is 1. The average Bonchev–Trinajstić information content (AvgIpc) is 3.23. The molecular formula is C18H18F5N3O3S. The van der Waals surface area contributed by atoms with E-state index < -0.39 is 44.9 Å². The van der Waals surface area contributed by atoms with Crippen molar-refractivity contribution in [3.8, 4) is 0 Å². The van der Waals surface area contributed by atoms with Gasteiger partial charge in [0.05, 0.1) is 11.5 Å². The predicted octanol–water partition coefficient (Wildman–Crippen LogP) is 3.17. The molecule has 1 atom stereocenters. The fraction of sp³-hybridized carbons (Fsp3) is 0.444. The molecular weight excluding hydrogens is 433 g/mol. The van der Waals surface area contributed by atoms with Crippen LogP contribution in [-0.2, 0) is 22.6 Å². The van der Waals surface area contributed by atoms with E-state index in [1.54, 1.807) is 0 Å². The average molecular weight is 451 g/mol. The van der Waals surface area contributed by atoms with Gasteiger partial charge in [0.25, 0.3) is 5.91 Å². The summed E-state index contributed by atoms with van der Waals surface area (Å²) in [5.41, 5.74) is -1.60. The van der Waals surface area contributed by atoms with Gasteiger partial charge in [-0.3, -0.25) is 9.89 Å². The summed E-state index contributed by atoms with van der Waals surface area (Å²) < 4.78 is 88.6. The van der Waals surface area contributed by atoms with Crippen LogP contribution in [0.2, 0.25) is 0 Å². The Balaban J connectivity index is 1.80. The molecule has 1 saturated heterocycles. The minimum atomic E-state index is -4.75. The fourth-order valence-electron chi connectivity index (χ4n) is 3.36. The number of carbonyl (C=O) groups is 1. The molecule has 0 saturated carbocycles. The number of rotatable bonds is 6. The van der Waals surface area contributed by atoms with Gasteiger partial charge in [-0.2, -0.15) is 18.3 Å². The Morgan fingerprint density at radius 2 is 1.83 bits per heavy atom. The first-order valence-electron chi connectivity index (χ1n) is 9.00. The third-order valence-electron chi connectivity index (χ3n) is 4.82. The molecule has 30 heavy (non-hydrogen) atoms. The summed E-state index contributed by atoms with van der Waals surface area (Å²) in [7, 11) is -3.14. The Morgan fingerprint density at radius 3 is 2.37 bits per heavy atom. The van der Waals surface area contributed by atoms with Crippen molar-refractivity contribution in [1.29, 1.82) is 0 Å². The lowest BCUT2D eigenvalue weighted by molar-refractivity contribution is -0.141. The molecule has 0 aliphatic carbocycles. The summed E-state index contributed by atoms with van der Waals surface area (Å²) in [6, 6.07) is 3.24. The number of amides is 1. The van der Waals surface area contributed by atoms with Crippen LogP contribution in [0, 0.1) is 17.6 Å². The van der Waals surface area contributed by atoms with Crippen LogP contribution in [0.15, 0.2) is 24.3 Å². The molecule has 1 aliphatic rings. The van der Waals surface area contributed by atoms with Crippen LogP contribution < -0.4 is 0 Å². The Labute approximate surface area is 169 Å². The van der Waals surface area contributed by atoms with Crippen molar-refractivity contribution in [1.82, 2.24) is 15.1 Å². The lowest BCUT2D eigenvalue weighted by Crippen LogP contribution is -2.33. The number of hydrogen-bond acceptors (Lipinski definition) is 4. The van der Waals surface area contributed by atoms with Crippen LogP contribution in [0.5, 0.6) is 0 Å². The first-order chi connectivity index (χ1) is 13.9. The van der Waals surface area contributed by atoms with Gasteiger partial charge in [-0.05, 0) is 36.5 Å². The van der Waals surface area contributed by atoms with E-state index in [1.807, 2.05) is 5.10 Å². The maximum atomic E-state index is 13.5. The van der Waals surface area contributed by atoms with E-state index in [-0.39, 0.29) is 42.5 Å². The van der Waals surface area contributed by atoms with Crippen molar-refractivity contribution in [3.05, 3.63) is 52.9 Å². The van der Waals surface area contributed by atoms with Gasteiger partial charge in [0.1, 0.15) is 17.3 Å². The zero-order chi connectivity index (χ0) is 22.1. The van der Waals surface area contributed by atoms with Gasteiger partial charge >= 0.3 is 6.18 Å². The quantitative estimate of drug-likeness (QED) is 0.684. The molecule has 12 heteroatoms. The Kier molecular flexibility index (Phi) is 6.16. The number of benzene rings is 1. The minimum absolute atomic E-state index is 0.00246. The number of alkyl halides is 3. The molecule has 0 radical (unpaired) electrons. The Morgan fingerprint density at radius 1 is 1.17 bits per heavy atom. The minimum Gasteiger partial charge on any atom is -0.333 e. The number of aromatic nitrogens is 2. The zero-order valence-electron chi connectivity index (χ0n) is 15.5. The molecule has 1 aromatic heterocycles. The molecule has 3 rings (SSSR count). The van der Waals surface area contributed by atoms with Crippen LogP contribution in [-0.4, -0.2) is 47.5 Å². The van der Waals surface area contributed by atoms with Crippen molar-refractivity contribution in [3.63, 3.8) is 0 Å². The number of hydrogen-bond donors (Lipinski definition) is 1. The number of aromatic amines is 1. The monoisotopic (exact) mass is 451 g/mol. The molecule has 0 spiro atoms. The van der Waals surface area contributed by atoms with E-state index in [0.29, 0.717) is 18.6 Å². The zero-order valence-corrected chi connectivity index (χ0v) is 16.4. The number of nitrogens with zero attached hydrogens (tertiary/aromatic N) is 2. The SMILES string of the molecule is O=C(c1cc(C(F)(F)F)n[nH]1)N(CCC1CCS(=O)(=O)C1)Cc1cc(F)cc(F)c1. The summed E-state index contributed by atoms with van der Waals surface area (Å²) in [6.45, 7) is -0.273. The molecule has 1 fully saturated rings. The Bertz CT molecular complexity index is 1020. The van der Waals surface area contributed by atoms with Crippen LogP contribution in [0.3, 0.4) is 0 Å². The third kappa shape index (κ3) is 5.55. The summed E-state index contributed by atoms with van der Waals surface area (Å²) in [5.74, 6) is -2.77. The second kappa shape index (κ2) is 8.32. The fourth-order valence-corrected chi connectivity index (χ4v) is 5.27. The molecule has 1 aromatic carbocycles. The molecule has 1 unspecified atom stereocenters. The molecule has 2 heterocycles. The Hall–Kier alpha value is -2.50. The molecule has 1 N–H and O–H groups in total. The number of carbonyl (C=O) groups excluding carboxylic acids is 1. The van der Waals surface area contributed by atoms with Gasteiger partial charge in [0.15, 0.2) is 15.5 Å². The van der Waals surface area contributed by atoms with Crippen molar-refractivity contribution in [2.75, 3.05) is 18.1 Å². The third-order valence-corrected chi connectivity index (χ3v) is 6.65. The highest BCUT2D eigenvalue weighted by atomic mass is 32.2. The van der Waals surface area contributed by atoms with Crippen LogP contribution >= 0.6 is 0 Å². The van der Waals surface area contributed by atoms with Crippen molar-refractivity contribution >= 4 is 15.7 Å². The van der Waals surface area contributed by atoms with E-state index >= 15 is 0 Å². The van der Waals surface area contributed by atoms with Crippen molar-refractivity contribution in [2.24, 2.45) is 5.92 Å². The summed E-state index contributed by atoms with van der Waals surface area (Å²) in [4.78, 5) is 13.9. The predicted molar refractivity (Wildman–Crippen MR) is 96.1 cm³/mol. The van der Waals surface area contributed by atoms with Crippen molar-refractivity contribution in [2.45, 2.75) is 25.6 Å². The lowest BCUT2D eigenvalue weighted by Gasteiger charge is -2.23.